The van der Waals surface area contributed by atoms with Crippen LogP contribution in [0.15, 0.2) is 52.8 Å². The number of aliphatic hydroxyl groups is 1. The Kier molecular flexibility index (Phi) is 6.49. The molecule has 4 heterocycles. The monoisotopic (exact) mass is 543 g/mol. The smallest absolute Gasteiger partial charge is 0.278 e. The van der Waals surface area contributed by atoms with E-state index in [-0.39, 0.29) is 5.56 Å². The molecule has 1 aliphatic rings. The molecule has 0 amide bonds. The molecule has 1 saturated carbocycles. The van der Waals surface area contributed by atoms with E-state index in [4.69, 9.17) is 9.97 Å². The molecular weight excluding hydrogens is 510 g/mol. The predicted octanol–water partition coefficient (Wildman–Crippen LogP) is 4.68. The molecule has 0 atom stereocenters. The van der Waals surface area contributed by atoms with Crippen molar-refractivity contribution < 1.29 is 5.11 Å². The highest BCUT2D eigenvalue weighted by atomic mass is 32.1. The Bertz CT molecular complexity index is 1720. The fraction of sp³-hybridized carbons (Fsp3) is 0.379. The Morgan fingerprint density at radius 2 is 1.97 bits per heavy atom. The Morgan fingerprint density at radius 3 is 2.72 bits per heavy atom. The van der Waals surface area contributed by atoms with E-state index in [2.05, 4.69) is 46.8 Å². The zero-order chi connectivity index (χ0) is 27.3. The minimum atomic E-state index is -1.12. The molecule has 1 fully saturated rings. The van der Waals surface area contributed by atoms with E-state index in [0.29, 0.717) is 41.0 Å². The van der Waals surface area contributed by atoms with Gasteiger partial charge in [0.15, 0.2) is 11.5 Å². The number of nitrogens with one attached hydrogen (secondary N) is 1. The number of rotatable bonds is 9. The highest BCUT2D eigenvalue weighted by molar-refractivity contribution is 7.17. The summed E-state index contributed by atoms with van der Waals surface area (Å²) in [7, 11) is 4.18. The molecule has 0 spiro atoms. The molecule has 0 unspecified atom stereocenters. The van der Waals surface area contributed by atoms with Crippen LogP contribution in [0.3, 0.4) is 0 Å². The zero-order valence-electron chi connectivity index (χ0n) is 22.7. The van der Waals surface area contributed by atoms with Crippen LogP contribution >= 0.6 is 11.3 Å². The van der Waals surface area contributed by atoms with Crippen molar-refractivity contribution in [2.24, 2.45) is 5.92 Å². The van der Waals surface area contributed by atoms with Crippen LogP contribution in [0.25, 0.3) is 26.9 Å². The third-order valence-corrected chi connectivity index (χ3v) is 8.12. The van der Waals surface area contributed by atoms with Gasteiger partial charge in [-0.15, -0.1) is 11.3 Å². The first kappa shape index (κ1) is 25.7. The van der Waals surface area contributed by atoms with E-state index in [9.17, 15) is 9.90 Å². The molecule has 0 bridgehead atoms. The molecule has 4 aromatic heterocycles. The van der Waals surface area contributed by atoms with Crippen molar-refractivity contribution in [3.05, 3.63) is 69.6 Å². The lowest BCUT2D eigenvalue weighted by Crippen LogP contribution is -2.25. The third-order valence-electron chi connectivity index (χ3n) is 7.12. The fourth-order valence-corrected chi connectivity index (χ4v) is 5.78. The number of nitrogens with zero attached hydrogens (tertiary/aromatic N) is 6. The van der Waals surface area contributed by atoms with Crippen molar-refractivity contribution in [1.82, 2.24) is 29.2 Å². The zero-order valence-corrected chi connectivity index (χ0v) is 23.5. The van der Waals surface area contributed by atoms with Crippen molar-refractivity contribution in [2.75, 3.05) is 26.0 Å². The molecule has 0 saturated heterocycles. The van der Waals surface area contributed by atoms with E-state index in [0.717, 1.165) is 31.5 Å². The van der Waals surface area contributed by atoms with Gasteiger partial charge in [-0.1, -0.05) is 12.1 Å². The predicted molar refractivity (Wildman–Crippen MR) is 156 cm³/mol. The van der Waals surface area contributed by atoms with E-state index in [1.807, 2.05) is 18.2 Å². The van der Waals surface area contributed by atoms with Crippen molar-refractivity contribution in [3.63, 3.8) is 0 Å². The first-order chi connectivity index (χ1) is 18.7. The normalized spacial score (nSPS) is 14.1. The summed E-state index contributed by atoms with van der Waals surface area (Å²) < 4.78 is 4.69. The van der Waals surface area contributed by atoms with Gasteiger partial charge < -0.3 is 15.3 Å². The topological polar surface area (TPSA) is 101 Å². The van der Waals surface area contributed by atoms with Crippen molar-refractivity contribution in [3.8, 4) is 5.82 Å². The summed E-state index contributed by atoms with van der Waals surface area (Å²) in [6.07, 6.45) is 4.81. The van der Waals surface area contributed by atoms with Crippen LogP contribution in [0.2, 0.25) is 0 Å². The molecule has 10 heteroatoms. The molecule has 202 valence electrons. The van der Waals surface area contributed by atoms with E-state index in [1.165, 1.54) is 15.6 Å². The van der Waals surface area contributed by atoms with E-state index < -0.39 is 5.60 Å². The van der Waals surface area contributed by atoms with Gasteiger partial charge in [0.05, 0.1) is 5.69 Å². The number of hydrogen-bond acceptors (Lipinski definition) is 8. The van der Waals surface area contributed by atoms with Gasteiger partial charge in [0.25, 0.3) is 5.56 Å². The largest absolute Gasteiger partial charge is 0.384 e. The van der Waals surface area contributed by atoms with Gasteiger partial charge >= 0.3 is 0 Å². The molecule has 1 aromatic carbocycles. The van der Waals surface area contributed by atoms with Crippen LogP contribution in [0, 0.1) is 5.92 Å². The quantitative estimate of drug-likeness (QED) is 0.278. The molecule has 5 aromatic rings. The van der Waals surface area contributed by atoms with Gasteiger partial charge in [0.1, 0.15) is 11.0 Å². The number of pyridine rings is 1. The summed E-state index contributed by atoms with van der Waals surface area (Å²) in [6, 6.07) is 11.8. The average Bonchev–Trinajstić information content (AvgIpc) is 3.57. The summed E-state index contributed by atoms with van der Waals surface area (Å²) >= 11 is 1.74. The summed E-state index contributed by atoms with van der Waals surface area (Å²) in [6.45, 7) is 5.00. The molecule has 6 rings (SSSR count). The van der Waals surface area contributed by atoms with Crippen LogP contribution in [0.4, 0.5) is 11.6 Å². The highest BCUT2D eigenvalue weighted by Crippen LogP contribution is 2.32. The molecule has 39 heavy (non-hydrogen) atoms. The van der Waals surface area contributed by atoms with Crippen molar-refractivity contribution in [1.29, 1.82) is 0 Å². The lowest BCUT2D eigenvalue weighted by atomic mass is 10.1. The van der Waals surface area contributed by atoms with E-state index in [1.54, 1.807) is 46.8 Å². The number of anilines is 2. The van der Waals surface area contributed by atoms with Gasteiger partial charge in [-0.3, -0.25) is 4.79 Å². The second kappa shape index (κ2) is 9.86. The minimum absolute atomic E-state index is 0.135. The second-order valence-electron chi connectivity index (χ2n) is 11.2. The molecule has 9 nitrogen and oxygen atoms in total. The molecular formula is C29H33N7O2S. The van der Waals surface area contributed by atoms with Gasteiger partial charge in [0.2, 0.25) is 5.95 Å². The summed E-state index contributed by atoms with van der Waals surface area (Å²) in [4.78, 5) is 29.6. The first-order valence-electron chi connectivity index (χ1n) is 13.3. The lowest BCUT2D eigenvalue weighted by molar-refractivity contribution is 0.0738. The van der Waals surface area contributed by atoms with Crippen LogP contribution in [0.1, 0.15) is 37.9 Å². The van der Waals surface area contributed by atoms with Crippen LogP contribution < -0.4 is 10.9 Å². The van der Waals surface area contributed by atoms with Crippen LogP contribution in [-0.4, -0.2) is 55.0 Å². The van der Waals surface area contributed by atoms with Crippen LogP contribution in [-0.2, 0) is 18.6 Å². The fourth-order valence-electron chi connectivity index (χ4n) is 4.74. The Balaban J connectivity index is 1.39. The SMILES string of the molecule is CN(C)CCc1csc2cc(Nc3ncc4c(=O)n(CC5CC5)n(-c5cccc(C(C)(C)O)n5)c4n3)ccc12. The summed E-state index contributed by atoms with van der Waals surface area (Å²) in [5.41, 5.74) is 2.00. The number of hydrogen-bond donors (Lipinski definition) is 2. The van der Waals surface area contributed by atoms with Gasteiger partial charge in [-0.25, -0.2) is 19.3 Å². The number of benzene rings is 1. The molecule has 1 aliphatic carbocycles. The van der Waals surface area contributed by atoms with E-state index >= 15 is 0 Å². The maximum atomic E-state index is 13.4. The Morgan fingerprint density at radius 1 is 1.15 bits per heavy atom. The highest BCUT2D eigenvalue weighted by Gasteiger charge is 2.27. The number of aromatic nitrogens is 5. The molecule has 0 radical (unpaired) electrons. The third kappa shape index (κ3) is 5.19. The Labute approximate surface area is 230 Å². The van der Waals surface area contributed by atoms with Gasteiger partial charge in [-0.2, -0.15) is 4.98 Å². The maximum Gasteiger partial charge on any atom is 0.278 e. The number of likely N-dealkylation sites (N-methyl/N-ethyl adjacent to an activating group) is 1. The minimum Gasteiger partial charge on any atom is -0.384 e. The average molecular weight is 544 g/mol. The standard InChI is InChI=1S/C29H33N7O2S/c1-29(2,38)24-6-5-7-25(32-24)36-26-22(27(37)35(36)16-18-8-9-18)15-30-28(33-26)31-20-10-11-21-19(12-13-34(3)4)17-39-23(21)14-20/h5-7,10-11,14-15,17-18,38H,8-9,12-13,16H2,1-4H3,(H,30,31,33). The van der Waals surface area contributed by atoms with Crippen LogP contribution in [0.5, 0.6) is 0 Å². The lowest BCUT2D eigenvalue weighted by Gasteiger charge is -2.18. The first-order valence-corrected chi connectivity index (χ1v) is 14.2. The van der Waals surface area contributed by atoms with Crippen molar-refractivity contribution in [2.45, 2.75) is 45.3 Å². The Hall–Kier alpha value is -3.60. The number of fused-ring (bicyclic) bond motifs is 2. The van der Waals surface area contributed by atoms with Gasteiger partial charge in [0, 0.05) is 29.7 Å². The summed E-state index contributed by atoms with van der Waals surface area (Å²) in [5, 5.41) is 17.8. The summed E-state index contributed by atoms with van der Waals surface area (Å²) in [5.74, 6) is 1.41. The van der Waals surface area contributed by atoms with Gasteiger partial charge in [-0.05, 0) is 93.7 Å². The molecule has 2 N–H and O–H groups in total. The maximum absolute atomic E-state index is 13.4. The second-order valence-corrected chi connectivity index (χ2v) is 12.1. The number of thiophene rings is 1. The van der Waals surface area contributed by atoms with Crippen molar-refractivity contribution >= 4 is 44.1 Å². The molecule has 0 aliphatic heterocycles.